The van der Waals surface area contributed by atoms with Crippen LogP contribution in [0.4, 0.5) is 10.5 Å². The Morgan fingerprint density at radius 3 is 2.72 bits per heavy atom. The van der Waals surface area contributed by atoms with E-state index in [9.17, 15) is 9.59 Å². The summed E-state index contributed by atoms with van der Waals surface area (Å²) in [5.74, 6) is 0.818. The van der Waals surface area contributed by atoms with Gasteiger partial charge in [0.2, 0.25) is 5.91 Å². The molecule has 3 aliphatic rings. The average Bonchev–Trinajstić information content (AvgIpc) is 3.25. The molecule has 0 aromatic heterocycles. The standard InChI is InChI=1S/C22H31N3O4/c1-15-5-6-20-19(12-15)25(14-16(2)29-20)22(27)24-9-7-17(8-10-24)21(26)23-13-18-4-3-11-28-18/h5-6,12,16-18H,3-4,7-11,13-14H2,1-2H3,(H,23,26)/t16-,18+/m0/s1. The molecule has 29 heavy (non-hydrogen) atoms. The fraction of sp³-hybridized carbons (Fsp3) is 0.636. The lowest BCUT2D eigenvalue weighted by atomic mass is 9.96. The molecular formula is C22H31N3O4. The predicted molar refractivity (Wildman–Crippen MR) is 110 cm³/mol. The minimum atomic E-state index is -0.0460. The zero-order chi connectivity index (χ0) is 20.4. The number of nitrogens with zero attached hydrogens (tertiary/aromatic N) is 2. The molecule has 2 fully saturated rings. The summed E-state index contributed by atoms with van der Waals surface area (Å²) in [7, 11) is 0. The van der Waals surface area contributed by atoms with Gasteiger partial charge in [-0.2, -0.15) is 0 Å². The molecule has 3 heterocycles. The number of ether oxygens (including phenoxy) is 2. The average molecular weight is 402 g/mol. The van der Waals surface area contributed by atoms with Crippen molar-refractivity contribution < 1.29 is 19.1 Å². The Hall–Kier alpha value is -2.28. The molecule has 0 saturated carbocycles. The molecule has 7 nitrogen and oxygen atoms in total. The third kappa shape index (κ3) is 4.50. The topological polar surface area (TPSA) is 71.1 Å². The van der Waals surface area contributed by atoms with Gasteiger partial charge < -0.3 is 19.7 Å². The number of anilines is 1. The molecule has 1 aromatic rings. The highest BCUT2D eigenvalue weighted by atomic mass is 16.5. The summed E-state index contributed by atoms with van der Waals surface area (Å²) in [5.41, 5.74) is 1.94. The lowest BCUT2D eigenvalue weighted by molar-refractivity contribution is -0.126. The summed E-state index contributed by atoms with van der Waals surface area (Å²) < 4.78 is 11.5. The van der Waals surface area contributed by atoms with Crippen LogP contribution in [0.3, 0.4) is 0 Å². The number of rotatable bonds is 3. The molecule has 0 spiro atoms. The quantitative estimate of drug-likeness (QED) is 0.845. The van der Waals surface area contributed by atoms with E-state index in [0.717, 1.165) is 36.4 Å². The number of hydrogen-bond donors (Lipinski definition) is 1. The van der Waals surface area contributed by atoms with Crippen LogP contribution in [-0.2, 0) is 9.53 Å². The minimum Gasteiger partial charge on any atom is -0.487 e. The maximum Gasteiger partial charge on any atom is 0.324 e. The lowest BCUT2D eigenvalue weighted by Crippen LogP contribution is -2.52. The van der Waals surface area contributed by atoms with Crippen LogP contribution in [0.2, 0.25) is 0 Å². The number of benzene rings is 1. The van der Waals surface area contributed by atoms with Gasteiger partial charge in [-0.1, -0.05) is 6.07 Å². The number of urea groups is 1. The van der Waals surface area contributed by atoms with Gasteiger partial charge in [-0.05, 0) is 57.2 Å². The maximum absolute atomic E-state index is 13.2. The van der Waals surface area contributed by atoms with Crippen molar-refractivity contribution in [2.45, 2.75) is 51.7 Å². The number of carbonyl (C=O) groups excluding carboxylic acids is 2. The van der Waals surface area contributed by atoms with Gasteiger partial charge in [0, 0.05) is 32.2 Å². The first-order chi connectivity index (χ1) is 14.0. The van der Waals surface area contributed by atoms with Crippen LogP contribution < -0.4 is 15.0 Å². The van der Waals surface area contributed by atoms with E-state index in [1.807, 2.05) is 41.8 Å². The zero-order valence-electron chi connectivity index (χ0n) is 17.4. The predicted octanol–water partition coefficient (Wildman–Crippen LogP) is 2.71. The van der Waals surface area contributed by atoms with Crippen molar-refractivity contribution in [2.75, 3.05) is 37.7 Å². The van der Waals surface area contributed by atoms with Crippen LogP contribution in [0.5, 0.6) is 5.75 Å². The van der Waals surface area contributed by atoms with Crippen LogP contribution >= 0.6 is 0 Å². The van der Waals surface area contributed by atoms with E-state index in [1.54, 1.807) is 0 Å². The Kier molecular flexibility index (Phi) is 5.94. The number of nitrogens with one attached hydrogen (secondary N) is 1. The van der Waals surface area contributed by atoms with E-state index in [4.69, 9.17) is 9.47 Å². The first-order valence-corrected chi connectivity index (χ1v) is 10.7. The first kappa shape index (κ1) is 20.0. The van der Waals surface area contributed by atoms with Gasteiger partial charge in [-0.25, -0.2) is 4.79 Å². The second kappa shape index (κ2) is 8.61. The molecule has 0 aliphatic carbocycles. The summed E-state index contributed by atoms with van der Waals surface area (Å²) in [4.78, 5) is 29.4. The van der Waals surface area contributed by atoms with Crippen molar-refractivity contribution in [1.82, 2.24) is 10.2 Å². The Labute approximate surface area is 172 Å². The molecule has 2 atom stereocenters. The van der Waals surface area contributed by atoms with Gasteiger partial charge in [0.25, 0.3) is 0 Å². The molecule has 3 aliphatic heterocycles. The Morgan fingerprint density at radius 2 is 2.00 bits per heavy atom. The summed E-state index contributed by atoms with van der Waals surface area (Å²) in [6.45, 7) is 7.13. The Bertz CT molecular complexity index is 754. The van der Waals surface area contributed by atoms with E-state index in [2.05, 4.69) is 5.32 Å². The normalized spacial score (nSPS) is 24.8. The molecule has 0 bridgehead atoms. The third-order valence-corrected chi connectivity index (χ3v) is 6.07. The number of fused-ring (bicyclic) bond motifs is 1. The Morgan fingerprint density at radius 1 is 1.21 bits per heavy atom. The highest BCUT2D eigenvalue weighted by molar-refractivity contribution is 5.94. The fourth-order valence-electron chi connectivity index (χ4n) is 4.40. The fourth-order valence-corrected chi connectivity index (χ4v) is 4.40. The van der Waals surface area contributed by atoms with Crippen molar-refractivity contribution in [3.8, 4) is 5.75 Å². The van der Waals surface area contributed by atoms with Gasteiger partial charge >= 0.3 is 6.03 Å². The zero-order valence-corrected chi connectivity index (χ0v) is 17.4. The van der Waals surface area contributed by atoms with E-state index >= 15 is 0 Å². The van der Waals surface area contributed by atoms with E-state index in [0.29, 0.717) is 39.0 Å². The second-order valence-corrected chi connectivity index (χ2v) is 8.43. The number of amides is 3. The monoisotopic (exact) mass is 401 g/mol. The number of likely N-dealkylation sites (tertiary alicyclic amines) is 1. The van der Waals surface area contributed by atoms with Gasteiger partial charge in [0.15, 0.2) is 0 Å². The molecule has 158 valence electrons. The summed E-state index contributed by atoms with van der Waals surface area (Å²) in [5, 5.41) is 3.03. The summed E-state index contributed by atoms with van der Waals surface area (Å²) in [6, 6.07) is 5.95. The number of aryl methyl sites for hydroxylation is 1. The van der Waals surface area contributed by atoms with Crippen LogP contribution in [-0.4, -0.2) is 61.8 Å². The minimum absolute atomic E-state index is 0.00483. The first-order valence-electron chi connectivity index (χ1n) is 10.7. The number of piperidine rings is 1. The van der Waals surface area contributed by atoms with Gasteiger partial charge in [-0.15, -0.1) is 0 Å². The molecule has 3 amide bonds. The third-order valence-electron chi connectivity index (χ3n) is 6.07. The van der Waals surface area contributed by atoms with Crippen LogP contribution in [0, 0.1) is 12.8 Å². The highest BCUT2D eigenvalue weighted by Gasteiger charge is 2.34. The van der Waals surface area contributed by atoms with Gasteiger partial charge in [0.05, 0.1) is 18.3 Å². The largest absolute Gasteiger partial charge is 0.487 e. The molecule has 1 aromatic carbocycles. The van der Waals surface area contributed by atoms with Crippen molar-refractivity contribution >= 4 is 17.6 Å². The molecule has 2 saturated heterocycles. The van der Waals surface area contributed by atoms with Gasteiger partial charge in [0.1, 0.15) is 11.9 Å². The van der Waals surface area contributed by atoms with Crippen molar-refractivity contribution in [1.29, 1.82) is 0 Å². The van der Waals surface area contributed by atoms with Crippen LogP contribution in [0.25, 0.3) is 0 Å². The van der Waals surface area contributed by atoms with Crippen molar-refractivity contribution in [2.24, 2.45) is 5.92 Å². The highest BCUT2D eigenvalue weighted by Crippen LogP contribution is 2.35. The molecule has 0 unspecified atom stereocenters. The maximum atomic E-state index is 13.2. The number of carbonyl (C=O) groups is 2. The molecule has 1 N–H and O–H groups in total. The Balaban J connectivity index is 1.33. The van der Waals surface area contributed by atoms with E-state index in [-0.39, 0.29) is 30.1 Å². The lowest BCUT2D eigenvalue weighted by Gasteiger charge is -2.39. The number of hydrogen-bond acceptors (Lipinski definition) is 4. The molecule has 4 rings (SSSR count). The van der Waals surface area contributed by atoms with E-state index < -0.39 is 0 Å². The van der Waals surface area contributed by atoms with Crippen LogP contribution in [0.1, 0.15) is 38.2 Å². The molecule has 7 heteroatoms. The van der Waals surface area contributed by atoms with Crippen molar-refractivity contribution in [3.05, 3.63) is 23.8 Å². The van der Waals surface area contributed by atoms with E-state index in [1.165, 1.54) is 0 Å². The molecular weight excluding hydrogens is 370 g/mol. The SMILES string of the molecule is Cc1ccc2c(c1)N(C(=O)N1CCC(C(=O)NC[C@H]3CCCO3)CC1)C[C@H](C)O2. The molecule has 0 radical (unpaired) electrons. The van der Waals surface area contributed by atoms with Crippen molar-refractivity contribution in [3.63, 3.8) is 0 Å². The smallest absolute Gasteiger partial charge is 0.324 e. The second-order valence-electron chi connectivity index (χ2n) is 8.43. The van der Waals surface area contributed by atoms with Crippen LogP contribution in [0.15, 0.2) is 18.2 Å². The summed E-state index contributed by atoms with van der Waals surface area (Å²) >= 11 is 0. The summed E-state index contributed by atoms with van der Waals surface area (Å²) in [6.07, 6.45) is 3.60. The van der Waals surface area contributed by atoms with Gasteiger partial charge in [-0.3, -0.25) is 9.69 Å².